The molecule has 1 rings (SSSR count). The molecule has 0 heterocycles. The third-order valence-electron chi connectivity index (χ3n) is 1.68. The fourth-order valence-corrected chi connectivity index (χ4v) is 1.56. The maximum Gasteiger partial charge on any atom is 0.341 e. The van der Waals surface area contributed by atoms with Crippen molar-refractivity contribution in [3.05, 3.63) is 27.7 Å². The predicted molar refractivity (Wildman–Crippen MR) is 63.8 cm³/mol. The molecule has 0 fully saturated rings. The molecule has 0 aromatic heterocycles. The molecule has 0 atom stereocenters. The van der Waals surface area contributed by atoms with Crippen LogP contribution in [0.1, 0.15) is 31.1 Å². The van der Waals surface area contributed by atoms with E-state index in [0.29, 0.717) is 0 Å². The van der Waals surface area contributed by atoms with Crippen LogP contribution in [0.25, 0.3) is 0 Å². The summed E-state index contributed by atoms with van der Waals surface area (Å²) in [6.45, 7) is 5.40. The quantitative estimate of drug-likeness (QED) is 0.880. The van der Waals surface area contributed by atoms with Crippen molar-refractivity contribution in [1.82, 2.24) is 0 Å². The first-order chi connectivity index (χ1) is 7.22. The van der Waals surface area contributed by atoms with Crippen LogP contribution in [0, 0.1) is 0 Å². The molecule has 5 heteroatoms. The molecule has 3 nitrogen and oxygen atoms in total. The third kappa shape index (κ3) is 3.03. The molecule has 0 saturated carbocycles. The number of ether oxygens (including phenoxy) is 1. The van der Waals surface area contributed by atoms with Gasteiger partial charge in [-0.25, -0.2) is 4.79 Å². The highest BCUT2D eigenvalue weighted by Crippen LogP contribution is 2.36. The van der Waals surface area contributed by atoms with Crippen LogP contribution >= 0.6 is 23.2 Å². The zero-order valence-corrected chi connectivity index (χ0v) is 10.7. The van der Waals surface area contributed by atoms with E-state index in [-0.39, 0.29) is 21.4 Å². The Morgan fingerprint density at radius 2 is 1.75 bits per heavy atom. The second-order valence-corrected chi connectivity index (χ2v) is 5.07. The Morgan fingerprint density at radius 1 is 1.25 bits per heavy atom. The predicted octanol–water partition coefficient (Wildman–Crippen LogP) is 3.87. The number of halogens is 2. The summed E-state index contributed by atoms with van der Waals surface area (Å²) in [6.07, 6.45) is 0. The van der Waals surface area contributed by atoms with E-state index in [1.165, 1.54) is 12.1 Å². The largest absolute Gasteiger partial charge is 0.486 e. The summed E-state index contributed by atoms with van der Waals surface area (Å²) >= 11 is 11.7. The molecule has 0 aliphatic heterocycles. The summed E-state index contributed by atoms with van der Waals surface area (Å²) in [5.41, 5.74) is -0.650. The summed E-state index contributed by atoms with van der Waals surface area (Å²) in [5.74, 6) is -1.05. The number of rotatable bonds is 2. The number of benzene rings is 1. The first-order valence-corrected chi connectivity index (χ1v) is 5.38. The molecule has 0 amide bonds. The molecule has 0 saturated heterocycles. The zero-order valence-electron chi connectivity index (χ0n) is 9.17. The van der Waals surface area contributed by atoms with Crippen LogP contribution in [0.4, 0.5) is 0 Å². The average Bonchev–Trinajstić information content (AvgIpc) is 2.08. The van der Waals surface area contributed by atoms with Crippen molar-refractivity contribution in [3.63, 3.8) is 0 Å². The minimum absolute atomic E-state index is 0.106. The van der Waals surface area contributed by atoms with E-state index in [9.17, 15) is 4.79 Å². The van der Waals surface area contributed by atoms with E-state index in [2.05, 4.69) is 0 Å². The molecule has 0 aliphatic carbocycles. The molecular formula is C11H12Cl2O3. The lowest BCUT2D eigenvalue weighted by atomic mass is 10.1. The van der Waals surface area contributed by atoms with Gasteiger partial charge in [0.15, 0.2) is 5.75 Å². The molecule has 1 aromatic rings. The molecule has 88 valence electrons. The Morgan fingerprint density at radius 3 is 2.19 bits per heavy atom. The lowest BCUT2D eigenvalue weighted by Crippen LogP contribution is -2.24. The minimum atomic E-state index is -1.16. The summed E-state index contributed by atoms with van der Waals surface area (Å²) in [5, 5.41) is 9.39. The van der Waals surface area contributed by atoms with Crippen molar-refractivity contribution in [3.8, 4) is 5.75 Å². The number of carbonyl (C=O) groups is 1. The van der Waals surface area contributed by atoms with Crippen molar-refractivity contribution >= 4 is 29.2 Å². The van der Waals surface area contributed by atoms with Gasteiger partial charge < -0.3 is 9.84 Å². The Labute approximate surface area is 104 Å². The molecular weight excluding hydrogens is 251 g/mol. The second-order valence-electron chi connectivity index (χ2n) is 4.25. The van der Waals surface area contributed by atoms with E-state index < -0.39 is 11.6 Å². The minimum Gasteiger partial charge on any atom is -0.486 e. The van der Waals surface area contributed by atoms with Crippen molar-refractivity contribution < 1.29 is 14.6 Å². The lowest BCUT2D eigenvalue weighted by molar-refractivity contribution is 0.0681. The van der Waals surface area contributed by atoms with Crippen molar-refractivity contribution in [2.24, 2.45) is 0 Å². The van der Waals surface area contributed by atoms with Gasteiger partial charge >= 0.3 is 5.97 Å². The first kappa shape index (κ1) is 13.1. The van der Waals surface area contributed by atoms with Crippen molar-refractivity contribution in [1.29, 1.82) is 0 Å². The summed E-state index contributed by atoms with van der Waals surface area (Å²) in [7, 11) is 0. The van der Waals surface area contributed by atoms with Gasteiger partial charge in [0.05, 0.1) is 10.0 Å². The molecule has 1 N–H and O–H groups in total. The standard InChI is InChI=1S/C11H12Cl2O3/c1-11(2,3)16-9-7(13)5-4-6(12)8(9)10(14)15/h4-5H,1-3H3,(H,14,15). The van der Waals surface area contributed by atoms with Crippen molar-refractivity contribution in [2.45, 2.75) is 26.4 Å². The number of carboxylic acids is 1. The van der Waals surface area contributed by atoms with E-state index in [1.807, 2.05) is 0 Å². The van der Waals surface area contributed by atoms with Gasteiger partial charge in [-0.05, 0) is 32.9 Å². The zero-order chi connectivity index (χ0) is 12.5. The van der Waals surface area contributed by atoms with Crippen LogP contribution in [-0.4, -0.2) is 16.7 Å². The second kappa shape index (κ2) is 4.52. The summed E-state index contributed by atoms with van der Waals surface area (Å²) < 4.78 is 5.51. The average molecular weight is 263 g/mol. The molecule has 0 unspecified atom stereocenters. The molecule has 1 aromatic carbocycles. The molecule has 0 aliphatic rings. The van der Waals surface area contributed by atoms with Gasteiger partial charge in [-0.3, -0.25) is 0 Å². The van der Waals surface area contributed by atoms with Gasteiger partial charge in [-0.1, -0.05) is 23.2 Å². The monoisotopic (exact) mass is 262 g/mol. The molecule has 16 heavy (non-hydrogen) atoms. The highest BCUT2D eigenvalue weighted by Gasteiger charge is 2.23. The Kier molecular flexibility index (Phi) is 3.71. The van der Waals surface area contributed by atoms with E-state index >= 15 is 0 Å². The highest BCUT2D eigenvalue weighted by molar-refractivity contribution is 6.36. The van der Waals surface area contributed by atoms with Crippen molar-refractivity contribution in [2.75, 3.05) is 0 Å². The van der Waals surface area contributed by atoms with Crippen LogP contribution in [-0.2, 0) is 0 Å². The Balaban J connectivity index is 3.35. The van der Waals surface area contributed by atoms with Crippen LogP contribution in [0.5, 0.6) is 5.75 Å². The number of aromatic carboxylic acids is 1. The van der Waals surface area contributed by atoms with Gasteiger partial charge in [-0.15, -0.1) is 0 Å². The van der Waals surface area contributed by atoms with Gasteiger partial charge in [-0.2, -0.15) is 0 Å². The fourth-order valence-electron chi connectivity index (χ4n) is 1.14. The number of hydrogen-bond acceptors (Lipinski definition) is 2. The molecule has 0 radical (unpaired) electrons. The lowest BCUT2D eigenvalue weighted by Gasteiger charge is -2.23. The normalized spacial score (nSPS) is 11.3. The summed E-state index contributed by atoms with van der Waals surface area (Å²) in [4.78, 5) is 11.1. The van der Waals surface area contributed by atoms with Crippen LogP contribution in [0.15, 0.2) is 12.1 Å². The Bertz CT molecular complexity index is 422. The first-order valence-electron chi connectivity index (χ1n) is 4.62. The molecule has 0 bridgehead atoms. The number of carboxylic acid groups (broad SMARTS) is 1. The van der Waals surface area contributed by atoms with E-state index in [4.69, 9.17) is 33.0 Å². The van der Waals surface area contributed by atoms with Crippen LogP contribution in [0.3, 0.4) is 0 Å². The van der Waals surface area contributed by atoms with Gasteiger partial charge in [0.25, 0.3) is 0 Å². The molecule has 0 spiro atoms. The topological polar surface area (TPSA) is 46.5 Å². The van der Waals surface area contributed by atoms with Crippen LogP contribution < -0.4 is 4.74 Å². The maximum atomic E-state index is 11.1. The fraction of sp³-hybridized carbons (Fsp3) is 0.364. The van der Waals surface area contributed by atoms with Crippen LogP contribution in [0.2, 0.25) is 10.0 Å². The van der Waals surface area contributed by atoms with Gasteiger partial charge in [0.2, 0.25) is 0 Å². The third-order valence-corrected chi connectivity index (χ3v) is 2.29. The Hall–Kier alpha value is -0.930. The van der Waals surface area contributed by atoms with Gasteiger partial charge in [0, 0.05) is 0 Å². The maximum absolute atomic E-state index is 11.1. The SMILES string of the molecule is CC(C)(C)Oc1c(Cl)ccc(Cl)c1C(=O)O. The summed E-state index contributed by atoms with van der Waals surface area (Å²) in [6, 6.07) is 2.94. The highest BCUT2D eigenvalue weighted by atomic mass is 35.5. The van der Waals surface area contributed by atoms with E-state index in [1.54, 1.807) is 20.8 Å². The van der Waals surface area contributed by atoms with Gasteiger partial charge in [0.1, 0.15) is 11.2 Å². The number of hydrogen-bond donors (Lipinski definition) is 1. The smallest absolute Gasteiger partial charge is 0.341 e. The van der Waals surface area contributed by atoms with E-state index in [0.717, 1.165) is 0 Å².